The van der Waals surface area contributed by atoms with E-state index in [9.17, 15) is 13.2 Å². The number of carbonyl (C=O) groups excluding carboxylic acids is 1. The molecule has 1 saturated carbocycles. The zero-order valence-electron chi connectivity index (χ0n) is 16.2. The molecule has 2 aromatic carbocycles. The van der Waals surface area contributed by atoms with E-state index in [1.165, 1.54) is 4.31 Å². The van der Waals surface area contributed by atoms with Crippen molar-refractivity contribution in [3.8, 4) is 0 Å². The van der Waals surface area contributed by atoms with E-state index in [4.69, 9.17) is 0 Å². The van der Waals surface area contributed by atoms with E-state index in [1.807, 2.05) is 54.3 Å². The summed E-state index contributed by atoms with van der Waals surface area (Å²) in [6, 6.07) is 16.9. The van der Waals surface area contributed by atoms with Gasteiger partial charge in [-0.2, -0.15) is 4.31 Å². The topological polar surface area (TPSA) is 57.7 Å². The molecular weight excluding hydrogens is 372 g/mol. The molecule has 2 fully saturated rings. The number of amides is 1. The Labute approximate surface area is 167 Å². The molecule has 1 aliphatic heterocycles. The van der Waals surface area contributed by atoms with Crippen LogP contribution in [0.15, 0.2) is 59.5 Å². The van der Waals surface area contributed by atoms with E-state index in [-0.39, 0.29) is 5.91 Å². The van der Waals surface area contributed by atoms with Gasteiger partial charge >= 0.3 is 0 Å². The van der Waals surface area contributed by atoms with E-state index in [0.717, 1.165) is 30.4 Å². The number of piperazine rings is 1. The van der Waals surface area contributed by atoms with Crippen LogP contribution in [-0.2, 0) is 20.2 Å². The van der Waals surface area contributed by atoms with Gasteiger partial charge in [-0.3, -0.25) is 4.79 Å². The van der Waals surface area contributed by atoms with Crippen LogP contribution < -0.4 is 0 Å². The first-order chi connectivity index (χ1) is 13.4. The number of hydrogen-bond donors (Lipinski definition) is 0. The lowest BCUT2D eigenvalue weighted by Crippen LogP contribution is -2.57. The fourth-order valence-electron chi connectivity index (χ4n) is 4.21. The highest BCUT2D eigenvalue weighted by molar-refractivity contribution is 7.89. The van der Waals surface area contributed by atoms with Gasteiger partial charge in [0.15, 0.2) is 0 Å². The van der Waals surface area contributed by atoms with Gasteiger partial charge in [-0.25, -0.2) is 8.42 Å². The maximum Gasteiger partial charge on any atom is 0.243 e. The second-order valence-corrected chi connectivity index (χ2v) is 9.75. The van der Waals surface area contributed by atoms with Gasteiger partial charge in [0.05, 0.1) is 10.3 Å². The molecule has 6 heteroatoms. The predicted octanol–water partition coefficient (Wildman–Crippen LogP) is 2.95. The molecule has 148 valence electrons. The molecule has 1 amide bonds. The highest BCUT2D eigenvalue weighted by atomic mass is 32.2. The Morgan fingerprint density at radius 2 is 1.50 bits per heavy atom. The highest BCUT2D eigenvalue weighted by Gasteiger charge is 2.48. The number of nitrogens with zero attached hydrogens (tertiary/aromatic N) is 2. The van der Waals surface area contributed by atoms with Crippen LogP contribution in [0, 0.1) is 6.92 Å². The van der Waals surface area contributed by atoms with E-state index in [1.54, 1.807) is 12.1 Å². The lowest BCUT2D eigenvalue weighted by atomic mass is 9.63. The van der Waals surface area contributed by atoms with E-state index >= 15 is 0 Å². The van der Waals surface area contributed by atoms with Crippen molar-refractivity contribution in [3.63, 3.8) is 0 Å². The molecule has 0 spiro atoms. The van der Waals surface area contributed by atoms with Gasteiger partial charge in [0.2, 0.25) is 15.9 Å². The molecule has 2 aromatic rings. The monoisotopic (exact) mass is 398 g/mol. The van der Waals surface area contributed by atoms with Crippen LogP contribution in [-0.4, -0.2) is 49.7 Å². The van der Waals surface area contributed by atoms with Crippen molar-refractivity contribution in [2.45, 2.75) is 36.5 Å². The Morgan fingerprint density at radius 1 is 0.893 bits per heavy atom. The SMILES string of the molecule is Cc1ccc(S(=O)(=O)N2CCN(C(=O)C3(c4ccccc4)CCC3)CC2)cc1. The maximum atomic E-state index is 13.3. The molecule has 0 unspecified atom stereocenters. The zero-order chi connectivity index (χ0) is 19.8. The third-order valence-electron chi connectivity index (χ3n) is 6.13. The van der Waals surface area contributed by atoms with Crippen LogP contribution in [0.1, 0.15) is 30.4 Å². The summed E-state index contributed by atoms with van der Waals surface area (Å²) >= 11 is 0. The molecule has 0 N–H and O–H groups in total. The molecule has 1 heterocycles. The summed E-state index contributed by atoms with van der Waals surface area (Å²) in [4.78, 5) is 15.5. The summed E-state index contributed by atoms with van der Waals surface area (Å²) in [7, 11) is -3.51. The minimum absolute atomic E-state index is 0.150. The number of carbonyl (C=O) groups is 1. The van der Waals surface area contributed by atoms with Gasteiger partial charge in [-0.1, -0.05) is 54.4 Å². The van der Waals surface area contributed by atoms with Crippen LogP contribution >= 0.6 is 0 Å². The molecular formula is C22H26N2O3S. The largest absolute Gasteiger partial charge is 0.339 e. The quantitative estimate of drug-likeness (QED) is 0.796. The van der Waals surface area contributed by atoms with Crippen molar-refractivity contribution >= 4 is 15.9 Å². The Bertz CT molecular complexity index is 943. The van der Waals surface area contributed by atoms with Crippen molar-refractivity contribution in [1.82, 2.24) is 9.21 Å². The Balaban J connectivity index is 1.47. The highest BCUT2D eigenvalue weighted by Crippen LogP contribution is 2.45. The van der Waals surface area contributed by atoms with Crippen molar-refractivity contribution in [1.29, 1.82) is 0 Å². The number of aryl methyl sites for hydroxylation is 1. The van der Waals surface area contributed by atoms with Gasteiger partial charge in [0, 0.05) is 26.2 Å². The second-order valence-electron chi connectivity index (χ2n) is 7.81. The number of hydrogen-bond acceptors (Lipinski definition) is 3. The van der Waals surface area contributed by atoms with E-state index in [0.29, 0.717) is 31.1 Å². The normalized spacial score (nSPS) is 19.8. The summed E-state index contributed by atoms with van der Waals surface area (Å²) in [6.45, 7) is 3.50. The van der Waals surface area contributed by atoms with E-state index < -0.39 is 15.4 Å². The number of benzene rings is 2. The number of rotatable bonds is 4. The summed E-state index contributed by atoms with van der Waals surface area (Å²) in [5, 5.41) is 0. The summed E-state index contributed by atoms with van der Waals surface area (Å²) in [5.41, 5.74) is 1.70. The molecule has 5 nitrogen and oxygen atoms in total. The first-order valence-electron chi connectivity index (χ1n) is 9.85. The molecule has 1 saturated heterocycles. The third-order valence-corrected chi connectivity index (χ3v) is 8.04. The average molecular weight is 399 g/mol. The molecule has 0 bridgehead atoms. The summed E-state index contributed by atoms with van der Waals surface area (Å²) in [6.07, 6.45) is 2.80. The van der Waals surface area contributed by atoms with Crippen molar-refractivity contribution in [2.75, 3.05) is 26.2 Å². The fraction of sp³-hybridized carbons (Fsp3) is 0.409. The minimum atomic E-state index is -3.51. The van der Waals surface area contributed by atoms with Crippen molar-refractivity contribution < 1.29 is 13.2 Å². The molecule has 2 aliphatic rings. The van der Waals surface area contributed by atoms with Crippen LogP contribution in [0.5, 0.6) is 0 Å². The van der Waals surface area contributed by atoms with Gasteiger partial charge in [-0.15, -0.1) is 0 Å². The first kappa shape index (κ1) is 19.2. The fourth-order valence-corrected chi connectivity index (χ4v) is 5.63. The average Bonchev–Trinajstić information content (AvgIpc) is 2.68. The molecule has 28 heavy (non-hydrogen) atoms. The first-order valence-corrected chi connectivity index (χ1v) is 11.3. The lowest BCUT2D eigenvalue weighted by Gasteiger charge is -2.45. The molecule has 0 radical (unpaired) electrons. The zero-order valence-corrected chi connectivity index (χ0v) is 17.0. The second kappa shape index (κ2) is 7.33. The van der Waals surface area contributed by atoms with Gasteiger partial charge in [0.25, 0.3) is 0 Å². The number of sulfonamides is 1. The predicted molar refractivity (Wildman–Crippen MR) is 108 cm³/mol. The molecule has 4 rings (SSSR count). The smallest absolute Gasteiger partial charge is 0.243 e. The van der Waals surface area contributed by atoms with Gasteiger partial charge < -0.3 is 4.90 Å². The van der Waals surface area contributed by atoms with Gasteiger partial charge in [-0.05, 0) is 37.5 Å². The van der Waals surface area contributed by atoms with Crippen molar-refractivity contribution in [2.24, 2.45) is 0 Å². The molecule has 0 atom stereocenters. The Kier molecular flexibility index (Phi) is 5.02. The lowest BCUT2D eigenvalue weighted by molar-refractivity contribution is -0.142. The van der Waals surface area contributed by atoms with Gasteiger partial charge in [0.1, 0.15) is 0 Å². The standard InChI is InChI=1S/C22H26N2O3S/c1-18-8-10-20(11-9-18)28(26,27)24-16-14-23(15-17-24)21(25)22(12-5-13-22)19-6-3-2-4-7-19/h2-4,6-11H,5,12-17H2,1H3. The maximum absolute atomic E-state index is 13.3. The Hall–Kier alpha value is -2.18. The van der Waals surface area contributed by atoms with Crippen LogP contribution in [0.25, 0.3) is 0 Å². The third kappa shape index (κ3) is 3.25. The molecule has 0 aromatic heterocycles. The minimum Gasteiger partial charge on any atom is -0.339 e. The van der Waals surface area contributed by atoms with E-state index in [2.05, 4.69) is 0 Å². The molecule has 1 aliphatic carbocycles. The van der Waals surface area contributed by atoms with Crippen LogP contribution in [0.4, 0.5) is 0 Å². The Morgan fingerprint density at radius 3 is 2.04 bits per heavy atom. The summed E-state index contributed by atoms with van der Waals surface area (Å²) in [5.74, 6) is 0.150. The van der Waals surface area contributed by atoms with Crippen molar-refractivity contribution in [3.05, 3.63) is 65.7 Å². The van der Waals surface area contributed by atoms with Crippen LogP contribution in [0.3, 0.4) is 0 Å². The van der Waals surface area contributed by atoms with Crippen LogP contribution in [0.2, 0.25) is 0 Å². The summed E-state index contributed by atoms with van der Waals surface area (Å²) < 4.78 is 27.3.